The summed E-state index contributed by atoms with van der Waals surface area (Å²) in [6.07, 6.45) is 7.35. The van der Waals surface area contributed by atoms with Crippen LogP contribution in [0.15, 0.2) is 0 Å². The summed E-state index contributed by atoms with van der Waals surface area (Å²) in [5.74, 6) is 0.713. The summed E-state index contributed by atoms with van der Waals surface area (Å²) in [5.41, 5.74) is 0. The molecule has 0 bridgehead atoms. The standard InChI is InChI=1S/C14H24N2O3/c17-13(18)7-4-8-15-14(19)16-9-12(10-16)11-5-2-1-3-6-11/h11-12H,1-10H2,(H,15,19)(H,17,18). The summed E-state index contributed by atoms with van der Waals surface area (Å²) >= 11 is 0. The van der Waals surface area contributed by atoms with Gasteiger partial charge in [0, 0.05) is 26.1 Å². The molecule has 2 aliphatic rings. The number of rotatable bonds is 5. The molecule has 1 aliphatic carbocycles. The monoisotopic (exact) mass is 268 g/mol. The van der Waals surface area contributed by atoms with Crippen LogP contribution in [-0.2, 0) is 4.79 Å². The lowest BCUT2D eigenvalue weighted by molar-refractivity contribution is -0.137. The first-order valence-corrected chi connectivity index (χ1v) is 7.41. The van der Waals surface area contributed by atoms with Crippen LogP contribution in [0.25, 0.3) is 0 Å². The first-order chi connectivity index (χ1) is 9.16. The van der Waals surface area contributed by atoms with E-state index in [1.807, 2.05) is 4.90 Å². The van der Waals surface area contributed by atoms with Crippen LogP contribution in [0, 0.1) is 11.8 Å². The minimum absolute atomic E-state index is 0.0301. The number of hydrogen-bond donors (Lipinski definition) is 2. The van der Waals surface area contributed by atoms with Gasteiger partial charge in [0.2, 0.25) is 0 Å². The van der Waals surface area contributed by atoms with Crippen LogP contribution in [0.3, 0.4) is 0 Å². The third-order valence-electron chi connectivity index (χ3n) is 4.36. The number of aliphatic carboxylic acids is 1. The third-order valence-corrected chi connectivity index (χ3v) is 4.36. The SMILES string of the molecule is O=C(O)CCCNC(=O)N1CC(C2CCCCC2)C1. The van der Waals surface area contributed by atoms with Gasteiger partial charge in [-0.2, -0.15) is 0 Å². The van der Waals surface area contributed by atoms with Crippen LogP contribution in [0.1, 0.15) is 44.9 Å². The minimum atomic E-state index is -0.810. The molecule has 2 rings (SSSR count). The second-order valence-corrected chi connectivity index (χ2v) is 5.79. The zero-order valence-electron chi connectivity index (χ0n) is 11.4. The lowest BCUT2D eigenvalue weighted by Gasteiger charge is -2.44. The Morgan fingerprint density at radius 2 is 1.79 bits per heavy atom. The molecule has 19 heavy (non-hydrogen) atoms. The van der Waals surface area contributed by atoms with Crippen molar-refractivity contribution in [1.82, 2.24) is 10.2 Å². The fourth-order valence-corrected chi connectivity index (χ4v) is 3.13. The Hall–Kier alpha value is -1.26. The number of carboxylic acid groups (broad SMARTS) is 1. The second kappa shape index (κ2) is 6.78. The zero-order valence-corrected chi connectivity index (χ0v) is 11.4. The van der Waals surface area contributed by atoms with Crippen LogP contribution in [0.2, 0.25) is 0 Å². The van der Waals surface area contributed by atoms with Gasteiger partial charge in [0.15, 0.2) is 0 Å². The molecule has 2 amide bonds. The van der Waals surface area contributed by atoms with Crippen molar-refractivity contribution in [2.75, 3.05) is 19.6 Å². The number of carboxylic acids is 1. The molecule has 5 nitrogen and oxygen atoms in total. The maximum absolute atomic E-state index is 11.8. The summed E-state index contributed by atoms with van der Waals surface area (Å²) in [7, 11) is 0. The van der Waals surface area contributed by atoms with Gasteiger partial charge < -0.3 is 15.3 Å². The summed E-state index contributed by atoms with van der Waals surface area (Å²) in [6.45, 7) is 2.22. The molecule has 0 unspecified atom stereocenters. The Morgan fingerprint density at radius 3 is 2.42 bits per heavy atom. The van der Waals surface area contributed by atoms with Gasteiger partial charge in [0.25, 0.3) is 0 Å². The highest BCUT2D eigenvalue weighted by Crippen LogP contribution is 2.34. The Labute approximate surface area is 114 Å². The van der Waals surface area contributed by atoms with Crippen LogP contribution in [0.4, 0.5) is 4.79 Å². The van der Waals surface area contributed by atoms with E-state index in [-0.39, 0.29) is 12.5 Å². The Kier molecular flexibility index (Phi) is 5.05. The molecule has 0 atom stereocenters. The zero-order chi connectivity index (χ0) is 13.7. The molecule has 1 saturated heterocycles. The van der Waals surface area contributed by atoms with Gasteiger partial charge in [-0.25, -0.2) is 4.79 Å². The molecule has 1 saturated carbocycles. The first kappa shape index (κ1) is 14.2. The van der Waals surface area contributed by atoms with Gasteiger partial charge in [-0.05, 0) is 18.3 Å². The quantitative estimate of drug-likeness (QED) is 0.750. The molecular formula is C14H24N2O3. The molecular weight excluding hydrogens is 244 g/mol. The third kappa shape index (κ3) is 4.11. The Morgan fingerprint density at radius 1 is 1.11 bits per heavy atom. The molecule has 0 radical (unpaired) electrons. The maximum Gasteiger partial charge on any atom is 0.317 e. The normalized spacial score (nSPS) is 20.9. The number of urea groups is 1. The van der Waals surface area contributed by atoms with Crippen molar-refractivity contribution in [2.24, 2.45) is 11.8 Å². The highest BCUT2D eigenvalue weighted by atomic mass is 16.4. The summed E-state index contributed by atoms with van der Waals surface area (Å²) in [6, 6.07) is -0.0301. The van der Waals surface area contributed by atoms with Crippen molar-refractivity contribution in [2.45, 2.75) is 44.9 Å². The topological polar surface area (TPSA) is 69.6 Å². The molecule has 0 aromatic carbocycles. The molecule has 0 aromatic rings. The molecule has 2 fully saturated rings. The van der Waals surface area contributed by atoms with Gasteiger partial charge >= 0.3 is 12.0 Å². The first-order valence-electron chi connectivity index (χ1n) is 7.41. The molecule has 1 aliphatic heterocycles. The Bertz CT molecular complexity index is 321. The number of nitrogens with zero attached hydrogens (tertiary/aromatic N) is 1. The lowest BCUT2D eigenvalue weighted by Crippen LogP contribution is -2.56. The van der Waals surface area contributed by atoms with E-state index in [9.17, 15) is 9.59 Å². The largest absolute Gasteiger partial charge is 0.481 e. The summed E-state index contributed by atoms with van der Waals surface area (Å²) < 4.78 is 0. The molecule has 5 heteroatoms. The lowest BCUT2D eigenvalue weighted by atomic mass is 9.76. The van der Waals surface area contributed by atoms with Gasteiger partial charge in [0.05, 0.1) is 0 Å². The van der Waals surface area contributed by atoms with Crippen molar-refractivity contribution in [3.05, 3.63) is 0 Å². The maximum atomic E-state index is 11.8. The van der Waals surface area contributed by atoms with Gasteiger partial charge in [-0.15, -0.1) is 0 Å². The van der Waals surface area contributed by atoms with Crippen molar-refractivity contribution in [3.8, 4) is 0 Å². The predicted octanol–water partition coefficient (Wildman–Crippen LogP) is 2.07. The van der Waals surface area contributed by atoms with E-state index in [4.69, 9.17) is 5.11 Å². The fourth-order valence-electron chi connectivity index (χ4n) is 3.13. The number of likely N-dealkylation sites (tertiary alicyclic amines) is 1. The number of nitrogens with one attached hydrogen (secondary N) is 1. The van der Waals surface area contributed by atoms with E-state index in [2.05, 4.69) is 5.32 Å². The van der Waals surface area contributed by atoms with E-state index in [1.54, 1.807) is 0 Å². The van der Waals surface area contributed by atoms with Crippen LogP contribution >= 0.6 is 0 Å². The molecule has 0 spiro atoms. The van der Waals surface area contributed by atoms with E-state index in [0.717, 1.165) is 19.0 Å². The van der Waals surface area contributed by atoms with Crippen molar-refractivity contribution < 1.29 is 14.7 Å². The average Bonchev–Trinajstić information content (AvgIpc) is 2.34. The predicted molar refractivity (Wildman–Crippen MR) is 71.9 cm³/mol. The highest BCUT2D eigenvalue weighted by molar-refractivity contribution is 5.75. The van der Waals surface area contributed by atoms with Crippen LogP contribution in [-0.4, -0.2) is 41.6 Å². The van der Waals surface area contributed by atoms with Gasteiger partial charge in [-0.3, -0.25) is 4.79 Å². The number of carbonyl (C=O) groups is 2. The number of hydrogen-bond acceptors (Lipinski definition) is 2. The van der Waals surface area contributed by atoms with Crippen molar-refractivity contribution >= 4 is 12.0 Å². The van der Waals surface area contributed by atoms with Gasteiger partial charge in [0.1, 0.15) is 0 Å². The number of amides is 2. The van der Waals surface area contributed by atoms with E-state index >= 15 is 0 Å². The highest BCUT2D eigenvalue weighted by Gasteiger charge is 2.36. The van der Waals surface area contributed by atoms with E-state index < -0.39 is 5.97 Å². The molecule has 0 aromatic heterocycles. The van der Waals surface area contributed by atoms with Gasteiger partial charge in [-0.1, -0.05) is 32.1 Å². The van der Waals surface area contributed by atoms with Crippen molar-refractivity contribution in [1.29, 1.82) is 0 Å². The summed E-state index contributed by atoms with van der Waals surface area (Å²) in [4.78, 5) is 24.0. The second-order valence-electron chi connectivity index (χ2n) is 5.79. The van der Waals surface area contributed by atoms with E-state index in [1.165, 1.54) is 32.1 Å². The van der Waals surface area contributed by atoms with Crippen LogP contribution in [0.5, 0.6) is 0 Å². The molecule has 108 valence electrons. The molecule has 1 heterocycles. The number of carbonyl (C=O) groups excluding carboxylic acids is 1. The fraction of sp³-hybridized carbons (Fsp3) is 0.857. The van der Waals surface area contributed by atoms with Crippen LogP contribution < -0.4 is 5.32 Å². The average molecular weight is 268 g/mol. The smallest absolute Gasteiger partial charge is 0.317 e. The minimum Gasteiger partial charge on any atom is -0.481 e. The molecule has 2 N–H and O–H groups in total. The Balaban J connectivity index is 1.57. The summed E-state index contributed by atoms with van der Waals surface area (Å²) in [5, 5.41) is 11.3. The van der Waals surface area contributed by atoms with Crippen molar-refractivity contribution in [3.63, 3.8) is 0 Å². The van der Waals surface area contributed by atoms with E-state index in [0.29, 0.717) is 18.9 Å².